The fourth-order valence-corrected chi connectivity index (χ4v) is 1.54. The van der Waals surface area contributed by atoms with Crippen LogP contribution in [0.4, 0.5) is 5.69 Å². The molecule has 1 aliphatic rings. The molecule has 1 aromatic rings. The highest BCUT2D eigenvalue weighted by molar-refractivity contribution is 5.98. The fraction of sp³-hybridized carbons (Fsp3) is 0.200. The third-order valence-corrected chi connectivity index (χ3v) is 2.19. The van der Waals surface area contributed by atoms with Gasteiger partial charge < -0.3 is 0 Å². The molecule has 0 aliphatic carbocycles. The number of nitrogens with zero attached hydrogens (tertiary/aromatic N) is 2. The van der Waals surface area contributed by atoms with Crippen LogP contribution < -0.4 is 4.90 Å². The maximum atomic E-state index is 11.3. The molecular formula is C10H8N2O. The second kappa shape index (κ2) is 2.91. The number of amides is 1. The Hall–Kier alpha value is -1.82. The Kier molecular flexibility index (Phi) is 1.75. The molecule has 2 rings (SSSR count). The molecule has 1 amide bonds. The Balaban J connectivity index is 2.53. The Labute approximate surface area is 76.2 Å². The molecule has 13 heavy (non-hydrogen) atoms. The van der Waals surface area contributed by atoms with Gasteiger partial charge in [-0.3, -0.25) is 4.79 Å². The molecule has 0 bridgehead atoms. The van der Waals surface area contributed by atoms with Crippen molar-refractivity contribution in [2.75, 3.05) is 4.90 Å². The van der Waals surface area contributed by atoms with Crippen molar-refractivity contribution in [1.29, 1.82) is 5.26 Å². The molecule has 0 unspecified atom stereocenters. The summed E-state index contributed by atoms with van der Waals surface area (Å²) in [6.45, 7) is 0. The molecule has 0 saturated heterocycles. The number of rotatable bonds is 0. The number of para-hydroxylation sites is 1. The predicted octanol–water partition coefficient (Wildman–Crippen LogP) is 1.45. The van der Waals surface area contributed by atoms with Crippen LogP contribution in [0.1, 0.15) is 12.0 Å². The second-order valence-electron chi connectivity index (χ2n) is 2.96. The number of anilines is 1. The largest absolute Gasteiger partial charge is 0.273 e. The van der Waals surface area contributed by atoms with Crippen LogP contribution in [0, 0.1) is 11.5 Å². The zero-order chi connectivity index (χ0) is 9.26. The predicted molar refractivity (Wildman–Crippen MR) is 47.9 cm³/mol. The van der Waals surface area contributed by atoms with Crippen LogP contribution >= 0.6 is 0 Å². The number of benzene rings is 1. The average Bonchev–Trinajstić information content (AvgIpc) is 2.18. The number of carbonyl (C=O) groups excluding carboxylic acids is 1. The van der Waals surface area contributed by atoms with Crippen molar-refractivity contribution < 1.29 is 4.79 Å². The summed E-state index contributed by atoms with van der Waals surface area (Å²) < 4.78 is 0. The van der Waals surface area contributed by atoms with E-state index < -0.39 is 0 Å². The van der Waals surface area contributed by atoms with E-state index >= 15 is 0 Å². The van der Waals surface area contributed by atoms with E-state index in [2.05, 4.69) is 0 Å². The number of fused-ring (bicyclic) bond motifs is 1. The summed E-state index contributed by atoms with van der Waals surface area (Å²) in [6.07, 6.45) is 3.07. The number of hydrogen-bond donors (Lipinski definition) is 0. The van der Waals surface area contributed by atoms with Gasteiger partial charge in [-0.15, -0.1) is 0 Å². The number of carbonyl (C=O) groups is 1. The first-order chi connectivity index (χ1) is 6.33. The number of hydrogen-bond acceptors (Lipinski definition) is 2. The fourth-order valence-electron chi connectivity index (χ4n) is 1.54. The summed E-state index contributed by atoms with van der Waals surface area (Å²) in [5.74, 6) is -0.110. The minimum atomic E-state index is -0.110. The van der Waals surface area contributed by atoms with Crippen LogP contribution in [-0.4, -0.2) is 5.91 Å². The van der Waals surface area contributed by atoms with E-state index in [0.29, 0.717) is 6.42 Å². The first kappa shape index (κ1) is 7.81. The second-order valence-corrected chi connectivity index (χ2v) is 2.96. The lowest BCUT2D eigenvalue weighted by molar-refractivity contribution is -0.118. The van der Waals surface area contributed by atoms with Crippen LogP contribution in [0.5, 0.6) is 0 Å². The molecule has 0 radical (unpaired) electrons. The van der Waals surface area contributed by atoms with E-state index in [1.165, 1.54) is 4.90 Å². The van der Waals surface area contributed by atoms with Crippen molar-refractivity contribution in [1.82, 2.24) is 0 Å². The number of aryl methyl sites for hydroxylation is 1. The molecule has 0 saturated carbocycles. The van der Waals surface area contributed by atoms with Gasteiger partial charge in [0.2, 0.25) is 5.91 Å². The van der Waals surface area contributed by atoms with Crippen LogP contribution in [0.2, 0.25) is 0 Å². The first-order valence-corrected chi connectivity index (χ1v) is 4.13. The molecule has 1 aliphatic heterocycles. The highest BCUT2D eigenvalue weighted by atomic mass is 16.2. The molecule has 64 valence electrons. The van der Waals surface area contributed by atoms with Crippen LogP contribution in [0.25, 0.3) is 0 Å². The summed E-state index contributed by atoms with van der Waals surface area (Å²) >= 11 is 0. The molecule has 3 heteroatoms. The lowest BCUT2D eigenvalue weighted by atomic mass is 10.0. The summed E-state index contributed by atoms with van der Waals surface area (Å²) in [5, 5.41) is 8.76. The summed E-state index contributed by atoms with van der Waals surface area (Å²) in [4.78, 5) is 12.5. The molecule has 3 nitrogen and oxygen atoms in total. The summed E-state index contributed by atoms with van der Waals surface area (Å²) in [6, 6.07) is 7.51. The van der Waals surface area contributed by atoms with Gasteiger partial charge in [-0.1, -0.05) is 18.2 Å². The molecule has 0 spiro atoms. The van der Waals surface area contributed by atoms with E-state index in [-0.39, 0.29) is 5.91 Å². The topological polar surface area (TPSA) is 44.1 Å². The van der Waals surface area contributed by atoms with Crippen molar-refractivity contribution in [3.8, 4) is 6.19 Å². The number of nitriles is 1. The third-order valence-electron chi connectivity index (χ3n) is 2.19. The van der Waals surface area contributed by atoms with Gasteiger partial charge in [-0.25, -0.2) is 4.90 Å². The van der Waals surface area contributed by atoms with Gasteiger partial charge in [0, 0.05) is 6.42 Å². The SMILES string of the molecule is N#CN1C(=O)CCc2ccccc21. The minimum Gasteiger partial charge on any atom is -0.273 e. The molecular weight excluding hydrogens is 164 g/mol. The zero-order valence-corrected chi connectivity index (χ0v) is 7.03. The van der Waals surface area contributed by atoms with Crippen LogP contribution in [-0.2, 0) is 11.2 Å². The van der Waals surface area contributed by atoms with Crippen LogP contribution in [0.15, 0.2) is 24.3 Å². The van der Waals surface area contributed by atoms with Crippen LogP contribution in [0.3, 0.4) is 0 Å². The van der Waals surface area contributed by atoms with E-state index in [1.54, 1.807) is 6.07 Å². The molecule has 0 atom stereocenters. The normalized spacial score (nSPS) is 15.0. The van der Waals surface area contributed by atoms with Gasteiger partial charge in [0.1, 0.15) is 0 Å². The van der Waals surface area contributed by atoms with Crippen molar-refractivity contribution in [2.45, 2.75) is 12.8 Å². The molecule has 0 aromatic heterocycles. The van der Waals surface area contributed by atoms with Crippen molar-refractivity contribution in [2.24, 2.45) is 0 Å². The van der Waals surface area contributed by atoms with E-state index in [4.69, 9.17) is 5.26 Å². The lowest BCUT2D eigenvalue weighted by Crippen LogP contribution is -2.30. The van der Waals surface area contributed by atoms with Gasteiger partial charge in [-0.2, -0.15) is 5.26 Å². The monoisotopic (exact) mass is 172 g/mol. The molecule has 0 N–H and O–H groups in total. The highest BCUT2D eigenvalue weighted by Crippen LogP contribution is 2.26. The highest BCUT2D eigenvalue weighted by Gasteiger charge is 2.22. The maximum absolute atomic E-state index is 11.3. The van der Waals surface area contributed by atoms with Crippen molar-refractivity contribution in [3.63, 3.8) is 0 Å². The van der Waals surface area contributed by atoms with E-state index in [9.17, 15) is 4.79 Å². The lowest BCUT2D eigenvalue weighted by Gasteiger charge is -2.22. The quantitative estimate of drug-likeness (QED) is 0.556. The standard InChI is InChI=1S/C10H8N2O/c11-7-12-9-4-2-1-3-8(9)5-6-10(12)13/h1-4H,5-6H2. The first-order valence-electron chi connectivity index (χ1n) is 4.13. The molecule has 1 heterocycles. The van der Waals surface area contributed by atoms with Gasteiger partial charge in [0.25, 0.3) is 0 Å². The summed E-state index contributed by atoms with van der Waals surface area (Å²) in [5.41, 5.74) is 1.81. The Morgan fingerprint density at radius 2 is 2.08 bits per heavy atom. The van der Waals surface area contributed by atoms with Crippen molar-refractivity contribution in [3.05, 3.63) is 29.8 Å². The van der Waals surface area contributed by atoms with E-state index in [0.717, 1.165) is 17.7 Å². The average molecular weight is 172 g/mol. The minimum absolute atomic E-state index is 0.110. The molecule has 1 aromatic carbocycles. The van der Waals surface area contributed by atoms with Gasteiger partial charge in [-0.05, 0) is 18.1 Å². The van der Waals surface area contributed by atoms with Crippen molar-refractivity contribution >= 4 is 11.6 Å². The van der Waals surface area contributed by atoms with Gasteiger partial charge in [0.15, 0.2) is 6.19 Å². The Morgan fingerprint density at radius 3 is 2.85 bits per heavy atom. The maximum Gasteiger partial charge on any atom is 0.240 e. The summed E-state index contributed by atoms with van der Waals surface area (Å²) in [7, 11) is 0. The Bertz CT molecular complexity index is 392. The Morgan fingerprint density at radius 1 is 1.31 bits per heavy atom. The van der Waals surface area contributed by atoms with Gasteiger partial charge in [0.05, 0.1) is 5.69 Å². The van der Waals surface area contributed by atoms with E-state index in [1.807, 2.05) is 24.4 Å². The molecule has 0 fully saturated rings. The zero-order valence-electron chi connectivity index (χ0n) is 7.03. The van der Waals surface area contributed by atoms with Gasteiger partial charge >= 0.3 is 0 Å². The smallest absolute Gasteiger partial charge is 0.240 e. The third kappa shape index (κ3) is 1.17.